The van der Waals surface area contributed by atoms with Gasteiger partial charge in [-0.25, -0.2) is 9.97 Å². The van der Waals surface area contributed by atoms with Crippen LogP contribution in [0.25, 0.3) is 10.9 Å². The summed E-state index contributed by atoms with van der Waals surface area (Å²) < 4.78 is 0. The third-order valence-electron chi connectivity index (χ3n) is 3.39. The predicted octanol–water partition coefficient (Wildman–Crippen LogP) is 3.35. The van der Waals surface area contributed by atoms with Crippen LogP contribution in [0.3, 0.4) is 0 Å². The normalized spacial score (nSPS) is 11.2. The van der Waals surface area contributed by atoms with Gasteiger partial charge < -0.3 is 10.2 Å². The smallest absolute Gasteiger partial charge is 0.137 e. The Labute approximate surface area is 125 Å². The van der Waals surface area contributed by atoms with Gasteiger partial charge in [0.05, 0.1) is 5.52 Å². The molecule has 1 aromatic carbocycles. The van der Waals surface area contributed by atoms with Crippen LogP contribution in [0, 0.1) is 6.92 Å². The molecule has 2 rings (SSSR count). The van der Waals surface area contributed by atoms with Gasteiger partial charge in [0.25, 0.3) is 0 Å². The van der Waals surface area contributed by atoms with Gasteiger partial charge in [0.1, 0.15) is 11.6 Å². The Morgan fingerprint density at radius 2 is 1.95 bits per heavy atom. The van der Waals surface area contributed by atoms with Gasteiger partial charge in [-0.15, -0.1) is 0 Å². The molecule has 0 saturated heterocycles. The van der Waals surface area contributed by atoms with E-state index in [1.807, 2.05) is 25.1 Å². The summed E-state index contributed by atoms with van der Waals surface area (Å²) in [5.41, 5.74) is 0.885. The van der Waals surface area contributed by atoms with Crippen LogP contribution >= 0.6 is 11.6 Å². The van der Waals surface area contributed by atoms with E-state index < -0.39 is 0 Å². The summed E-state index contributed by atoms with van der Waals surface area (Å²) in [5.74, 6) is 1.64. The van der Waals surface area contributed by atoms with E-state index in [2.05, 4.69) is 34.0 Å². The number of halogens is 1. The molecule has 0 aliphatic rings. The first-order chi connectivity index (χ1) is 9.63. The molecule has 0 saturated carbocycles. The van der Waals surface area contributed by atoms with Gasteiger partial charge in [0.2, 0.25) is 0 Å². The van der Waals surface area contributed by atoms with Crippen molar-refractivity contribution in [3.05, 3.63) is 29.0 Å². The van der Waals surface area contributed by atoms with Crippen LogP contribution in [-0.2, 0) is 0 Å². The SMILES string of the molecule is CCN(CC)CCNc1nc(C)nc2cc(Cl)ccc12. The number of nitrogens with zero attached hydrogens (tertiary/aromatic N) is 3. The third kappa shape index (κ3) is 3.58. The fraction of sp³-hybridized carbons (Fsp3) is 0.467. The number of nitrogens with one attached hydrogen (secondary N) is 1. The maximum atomic E-state index is 6.02. The minimum absolute atomic E-state index is 0.699. The molecule has 0 atom stereocenters. The van der Waals surface area contributed by atoms with E-state index in [4.69, 9.17) is 11.6 Å². The summed E-state index contributed by atoms with van der Waals surface area (Å²) in [7, 11) is 0. The van der Waals surface area contributed by atoms with Gasteiger partial charge >= 0.3 is 0 Å². The lowest BCUT2D eigenvalue weighted by molar-refractivity contribution is 0.316. The number of rotatable bonds is 6. The van der Waals surface area contributed by atoms with Crippen LogP contribution in [0.4, 0.5) is 5.82 Å². The minimum atomic E-state index is 0.699. The summed E-state index contributed by atoms with van der Waals surface area (Å²) >= 11 is 6.02. The van der Waals surface area contributed by atoms with Gasteiger partial charge in [0.15, 0.2) is 0 Å². The van der Waals surface area contributed by atoms with Crippen LogP contribution in [-0.4, -0.2) is 41.0 Å². The standard InChI is InChI=1S/C15H21ClN4/c1-4-20(5-2)9-8-17-15-13-7-6-12(16)10-14(13)18-11(3)19-15/h6-7,10H,4-5,8-9H2,1-3H3,(H,17,18,19). The van der Waals surface area contributed by atoms with Crippen molar-refractivity contribution in [3.8, 4) is 0 Å². The van der Waals surface area contributed by atoms with Crippen LogP contribution in [0.5, 0.6) is 0 Å². The lowest BCUT2D eigenvalue weighted by Gasteiger charge is -2.18. The van der Waals surface area contributed by atoms with Crippen LogP contribution in [0.2, 0.25) is 5.02 Å². The first kappa shape index (κ1) is 15.0. The van der Waals surface area contributed by atoms with Crippen molar-refractivity contribution in [1.29, 1.82) is 0 Å². The average molecular weight is 293 g/mol. The molecule has 2 aromatic rings. The Balaban J connectivity index is 2.17. The van der Waals surface area contributed by atoms with Gasteiger partial charge in [-0.1, -0.05) is 25.4 Å². The maximum Gasteiger partial charge on any atom is 0.137 e. The quantitative estimate of drug-likeness (QED) is 0.886. The summed E-state index contributed by atoms with van der Waals surface area (Å²) in [5, 5.41) is 5.12. The highest BCUT2D eigenvalue weighted by Crippen LogP contribution is 2.23. The van der Waals surface area contributed by atoms with Crippen LogP contribution in [0.1, 0.15) is 19.7 Å². The second kappa shape index (κ2) is 6.86. The number of benzene rings is 1. The molecule has 0 aliphatic heterocycles. The lowest BCUT2D eigenvalue weighted by atomic mass is 10.2. The fourth-order valence-electron chi connectivity index (χ4n) is 2.23. The number of hydrogen-bond acceptors (Lipinski definition) is 4. The molecule has 0 aliphatic carbocycles. The molecular formula is C15H21ClN4. The number of hydrogen-bond donors (Lipinski definition) is 1. The monoisotopic (exact) mass is 292 g/mol. The first-order valence-electron chi connectivity index (χ1n) is 7.04. The van der Waals surface area contributed by atoms with Crippen molar-refractivity contribution in [2.24, 2.45) is 0 Å². The second-order valence-corrected chi connectivity index (χ2v) is 5.17. The van der Waals surface area contributed by atoms with Crippen molar-refractivity contribution in [1.82, 2.24) is 14.9 Å². The number of anilines is 1. The van der Waals surface area contributed by atoms with E-state index in [-0.39, 0.29) is 0 Å². The molecule has 0 bridgehead atoms. The number of likely N-dealkylation sites (N-methyl/N-ethyl adjacent to an activating group) is 1. The molecule has 1 N–H and O–H groups in total. The van der Waals surface area contributed by atoms with E-state index in [1.54, 1.807) is 0 Å². The van der Waals surface area contributed by atoms with E-state index in [0.29, 0.717) is 5.02 Å². The molecule has 0 fully saturated rings. The Bertz CT molecular complexity index is 576. The molecule has 108 valence electrons. The number of fused-ring (bicyclic) bond motifs is 1. The van der Waals surface area contributed by atoms with Crippen molar-refractivity contribution >= 4 is 28.3 Å². The molecule has 0 unspecified atom stereocenters. The Morgan fingerprint density at radius 3 is 2.65 bits per heavy atom. The average Bonchev–Trinajstić information content (AvgIpc) is 2.42. The van der Waals surface area contributed by atoms with Crippen molar-refractivity contribution < 1.29 is 0 Å². The molecule has 0 radical (unpaired) electrons. The highest BCUT2D eigenvalue weighted by atomic mass is 35.5. The van der Waals surface area contributed by atoms with Gasteiger partial charge in [0, 0.05) is 23.5 Å². The van der Waals surface area contributed by atoms with Crippen molar-refractivity contribution in [3.63, 3.8) is 0 Å². The second-order valence-electron chi connectivity index (χ2n) is 4.73. The van der Waals surface area contributed by atoms with Crippen molar-refractivity contribution in [2.45, 2.75) is 20.8 Å². The van der Waals surface area contributed by atoms with Gasteiger partial charge in [-0.05, 0) is 38.2 Å². The zero-order valence-electron chi connectivity index (χ0n) is 12.3. The topological polar surface area (TPSA) is 41.0 Å². The van der Waals surface area contributed by atoms with Gasteiger partial charge in [-0.2, -0.15) is 0 Å². The van der Waals surface area contributed by atoms with E-state index in [1.165, 1.54) is 0 Å². The highest BCUT2D eigenvalue weighted by Gasteiger charge is 2.06. The first-order valence-corrected chi connectivity index (χ1v) is 7.42. The van der Waals surface area contributed by atoms with E-state index >= 15 is 0 Å². The molecule has 4 nitrogen and oxygen atoms in total. The molecule has 5 heteroatoms. The number of aromatic nitrogens is 2. The largest absolute Gasteiger partial charge is 0.368 e. The van der Waals surface area contributed by atoms with E-state index in [0.717, 1.165) is 48.7 Å². The zero-order valence-corrected chi connectivity index (χ0v) is 13.0. The van der Waals surface area contributed by atoms with Crippen molar-refractivity contribution in [2.75, 3.05) is 31.5 Å². The molecule has 1 heterocycles. The fourth-order valence-corrected chi connectivity index (χ4v) is 2.39. The molecule has 1 aromatic heterocycles. The summed E-state index contributed by atoms with van der Waals surface area (Å²) in [6.07, 6.45) is 0. The molecule has 20 heavy (non-hydrogen) atoms. The summed E-state index contributed by atoms with van der Waals surface area (Å²) in [6.45, 7) is 10.3. The summed E-state index contributed by atoms with van der Waals surface area (Å²) in [4.78, 5) is 11.3. The zero-order chi connectivity index (χ0) is 14.5. The lowest BCUT2D eigenvalue weighted by Crippen LogP contribution is -2.28. The van der Waals surface area contributed by atoms with Gasteiger partial charge in [-0.3, -0.25) is 0 Å². The summed E-state index contributed by atoms with van der Waals surface area (Å²) in [6, 6.07) is 5.72. The third-order valence-corrected chi connectivity index (χ3v) is 3.62. The highest BCUT2D eigenvalue weighted by molar-refractivity contribution is 6.31. The molecule has 0 amide bonds. The Hall–Kier alpha value is -1.39. The molecular weight excluding hydrogens is 272 g/mol. The Kier molecular flexibility index (Phi) is 5.15. The molecule has 0 spiro atoms. The minimum Gasteiger partial charge on any atom is -0.368 e. The number of aryl methyl sites for hydroxylation is 1. The predicted molar refractivity (Wildman–Crippen MR) is 85.6 cm³/mol. The van der Waals surface area contributed by atoms with Crippen LogP contribution < -0.4 is 5.32 Å². The van der Waals surface area contributed by atoms with Crippen LogP contribution in [0.15, 0.2) is 18.2 Å². The maximum absolute atomic E-state index is 6.02. The van der Waals surface area contributed by atoms with E-state index in [9.17, 15) is 0 Å². The Morgan fingerprint density at radius 1 is 1.20 bits per heavy atom.